The van der Waals surface area contributed by atoms with E-state index in [9.17, 15) is 8.42 Å². The van der Waals surface area contributed by atoms with Gasteiger partial charge in [-0.1, -0.05) is 0 Å². The van der Waals surface area contributed by atoms with Crippen LogP contribution in [0.15, 0.2) is 0 Å². The zero-order chi connectivity index (χ0) is 12.3. The second-order valence-electron chi connectivity index (χ2n) is 4.61. The number of rotatable bonds is 4. The molecular formula is C10H23N3O2S. The molecule has 0 aromatic heterocycles. The molecule has 1 rings (SSSR count). The highest BCUT2D eigenvalue weighted by atomic mass is 32.2. The number of sulfonamides is 1. The normalized spacial score (nSPS) is 22.6. The minimum atomic E-state index is -3.08. The quantitative estimate of drug-likeness (QED) is 0.742. The topological polar surface area (TPSA) is 66.6 Å². The Balaban J connectivity index is 2.56. The number of piperazine rings is 1. The van der Waals surface area contributed by atoms with Crippen molar-refractivity contribution < 1.29 is 8.42 Å². The molecule has 0 saturated carbocycles. The fraction of sp³-hybridized carbons (Fsp3) is 1.00. The molecule has 1 saturated heterocycles. The molecule has 0 bridgehead atoms. The highest BCUT2D eigenvalue weighted by Crippen LogP contribution is 2.13. The summed E-state index contributed by atoms with van der Waals surface area (Å²) in [5.74, 6) is 0. The molecule has 1 atom stereocenters. The van der Waals surface area contributed by atoms with Crippen LogP contribution in [0, 0.1) is 0 Å². The minimum Gasteiger partial charge on any atom is -0.329 e. The first-order valence-corrected chi connectivity index (χ1v) is 7.33. The van der Waals surface area contributed by atoms with Gasteiger partial charge in [0.1, 0.15) is 0 Å². The predicted molar refractivity (Wildman–Crippen MR) is 65.7 cm³/mol. The SMILES string of the molecule is CC(CN)N1CCN(S(=O)(=O)C(C)C)CC1. The zero-order valence-corrected chi connectivity index (χ0v) is 11.2. The number of hydrogen-bond acceptors (Lipinski definition) is 4. The van der Waals surface area contributed by atoms with Crippen LogP contribution in [0.25, 0.3) is 0 Å². The molecule has 1 aliphatic heterocycles. The molecule has 1 unspecified atom stereocenters. The van der Waals surface area contributed by atoms with Crippen LogP contribution in [0.1, 0.15) is 20.8 Å². The summed E-state index contributed by atoms with van der Waals surface area (Å²) >= 11 is 0. The Kier molecular flexibility index (Phi) is 4.73. The van der Waals surface area contributed by atoms with Gasteiger partial charge in [0.05, 0.1) is 5.25 Å². The first kappa shape index (κ1) is 13.9. The summed E-state index contributed by atoms with van der Waals surface area (Å²) in [6.07, 6.45) is 0. The monoisotopic (exact) mass is 249 g/mol. The summed E-state index contributed by atoms with van der Waals surface area (Å²) in [5, 5.41) is -0.328. The van der Waals surface area contributed by atoms with E-state index >= 15 is 0 Å². The Bertz CT molecular complexity index is 308. The van der Waals surface area contributed by atoms with E-state index in [2.05, 4.69) is 11.8 Å². The van der Waals surface area contributed by atoms with Crippen LogP contribution in [-0.4, -0.2) is 61.6 Å². The Labute approximate surface area is 98.6 Å². The van der Waals surface area contributed by atoms with Gasteiger partial charge in [-0.25, -0.2) is 8.42 Å². The van der Waals surface area contributed by atoms with E-state index in [1.54, 1.807) is 18.2 Å². The van der Waals surface area contributed by atoms with Gasteiger partial charge in [-0.3, -0.25) is 4.90 Å². The second kappa shape index (κ2) is 5.44. The molecule has 1 heterocycles. The first-order valence-electron chi connectivity index (χ1n) is 5.82. The van der Waals surface area contributed by atoms with Gasteiger partial charge in [-0.05, 0) is 20.8 Å². The Morgan fingerprint density at radius 1 is 1.12 bits per heavy atom. The average Bonchev–Trinajstić information content (AvgIpc) is 2.28. The van der Waals surface area contributed by atoms with Gasteiger partial charge in [-0.2, -0.15) is 4.31 Å². The summed E-state index contributed by atoms with van der Waals surface area (Å²) in [7, 11) is -3.08. The van der Waals surface area contributed by atoms with E-state index in [1.807, 2.05) is 0 Å². The summed E-state index contributed by atoms with van der Waals surface area (Å²) in [4.78, 5) is 2.24. The summed E-state index contributed by atoms with van der Waals surface area (Å²) in [6, 6.07) is 0.337. The molecule has 0 spiro atoms. The van der Waals surface area contributed by atoms with Gasteiger partial charge >= 0.3 is 0 Å². The van der Waals surface area contributed by atoms with Crippen molar-refractivity contribution in [3.05, 3.63) is 0 Å². The van der Waals surface area contributed by atoms with Crippen LogP contribution in [0.4, 0.5) is 0 Å². The average molecular weight is 249 g/mol. The van der Waals surface area contributed by atoms with Crippen molar-refractivity contribution in [2.45, 2.75) is 32.1 Å². The van der Waals surface area contributed by atoms with E-state index in [4.69, 9.17) is 5.73 Å². The maximum Gasteiger partial charge on any atom is 0.216 e. The minimum absolute atomic E-state index is 0.328. The largest absolute Gasteiger partial charge is 0.329 e. The third kappa shape index (κ3) is 2.94. The highest BCUT2D eigenvalue weighted by Gasteiger charge is 2.30. The molecule has 0 aromatic carbocycles. The van der Waals surface area contributed by atoms with Gasteiger partial charge in [0.2, 0.25) is 10.0 Å². The van der Waals surface area contributed by atoms with Crippen molar-refractivity contribution in [3.8, 4) is 0 Å². The van der Waals surface area contributed by atoms with Crippen LogP contribution in [0.2, 0.25) is 0 Å². The fourth-order valence-electron chi connectivity index (χ4n) is 1.85. The lowest BCUT2D eigenvalue weighted by molar-refractivity contribution is 0.148. The zero-order valence-electron chi connectivity index (χ0n) is 10.4. The van der Waals surface area contributed by atoms with E-state index in [0.29, 0.717) is 25.7 Å². The molecule has 0 aliphatic carbocycles. The van der Waals surface area contributed by atoms with Crippen LogP contribution in [0.3, 0.4) is 0 Å². The lowest BCUT2D eigenvalue weighted by Crippen LogP contribution is -2.53. The summed E-state index contributed by atoms with van der Waals surface area (Å²) in [5.41, 5.74) is 5.60. The number of hydrogen-bond donors (Lipinski definition) is 1. The number of nitrogens with two attached hydrogens (primary N) is 1. The molecular weight excluding hydrogens is 226 g/mol. The molecule has 1 fully saturated rings. The van der Waals surface area contributed by atoms with Crippen molar-refractivity contribution in [3.63, 3.8) is 0 Å². The van der Waals surface area contributed by atoms with Gasteiger partial charge in [-0.15, -0.1) is 0 Å². The summed E-state index contributed by atoms with van der Waals surface area (Å²) in [6.45, 7) is 8.89. The van der Waals surface area contributed by atoms with Gasteiger partial charge < -0.3 is 5.73 Å². The van der Waals surface area contributed by atoms with Crippen LogP contribution < -0.4 is 5.73 Å². The predicted octanol–water partition coefficient (Wildman–Crippen LogP) is -0.311. The molecule has 6 heteroatoms. The van der Waals surface area contributed by atoms with Crippen LogP contribution in [-0.2, 0) is 10.0 Å². The molecule has 0 amide bonds. The number of nitrogens with zero attached hydrogens (tertiary/aromatic N) is 2. The van der Waals surface area contributed by atoms with Gasteiger partial charge in [0, 0.05) is 38.8 Å². The smallest absolute Gasteiger partial charge is 0.216 e. The van der Waals surface area contributed by atoms with E-state index in [-0.39, 0.29) is 5.25 Å². The van der Waals surface area contributed by atoms with Crippen molar-refractivity contribution in [1.82, 2.24) is 9.21 Å². The first-order chi connectivity index (χ1) is 7.39. The van der Waals surface area contributed by atoms with Crippen molar-refractivity contribution in [2.24, 2.45) is 5.73 Å². The Morgan fingerprint density at radius 2 is 1.62 bits per heavy atom. The molecule has 0 aromatic rings. The highest BCUT2D eigenvalue weighted by molar-refractivity contribution is 7.89. The standard InChI is InChI=1S/C10H23N3O2S/c1-9(2)16(14,15)13-6-4-12(5-7-13)10(3)8-11/h9-10H,4-8,11H2,1-3H3. The molecule has 1 aliphatic rings. The molecule has 16 heavy (non-hydrogen) atoms. The van der Waals surface area contributed by atoms with Crippen molar-refractivity contribution in [2.75, 3.05) is 32.7 Å². The van der Waals surface area contributed by atoms with Crippen molar-refractivity contribution >= 4 is 10.0 Å². The van der Waals surface area contributed by atoms with E-state index in [0.717, 1.165) is 13.1 Å². The lowest BCUT2D eigenvalue weighted by Gasteiger charge is -2.37. The fourth-order valence-corrected chi connectivity index (χ4v) is 3.11. The van der Waals surface area contributed by atoms with Gasteiger partial charge in [0.25, 0.3) is 0 Å². The lowest BCUT2D eigenvalue weighted by atomic mass is 10.2. The Morgan fingerprint density at radius 3 is 2.00 bits per heavy atom. The summed E-state index contributed by atoms with van der Waals surface area (Å²) < 4.78 is 25.4. The van der Waals surface area contributed by atoms with Crippen molar-refractivity contribution in [1.29, 1.82) is 0 Å². The maximum absolute atomic E-state index is 11.9. The van der Waals surface area contributed by atoms with E-state index < -0.39 is 10.0 Å². The maximum atomic E-state index is 11.9. The Hall–Kier alpha value is -0.170. The molecule has 2 N–H and O–H groups in total. The van der Waals surface area contributed by atoms with Crippen LogP contribution in [0.5, 0.6) is 0 Å². The molecule has 96 valence electrons. The van der Waals surface area contributed by atoms with Gasteiger partial charge in [0.15, 0.2) is 0 Å². The molecule has 5 nitrogen and oxygen atoms in total. The second-order valence-corrected chi connectivity index (χ2v) is 7.10. The van der Waals surface area contributed by atoms with Crippen LogP contribution >= 0.6 is 0 Å². The van der Waals surface area contributed by atoms with E-state index in [1.165, 1.54) is 0 Å². The third-order valence-electron chi connectivity index (χ3n) is 3.19. The third-order valence-corrected chi connectivity index (χ3v) is 5.47. The molecule has 0 radical (unpaired) electrons.